The summed E-state index contributed by atoms with van der Waals surface area (Å²) in [6.07, 6.45) is 12.1. The summed E-state index contributed by atoms with van der Waals surface area (Å²) < 4.78 is 8.85. The van der Waals surface area contributed by atoms with Crippen molar-refractivity contribution in [1.29, 1.82) is 0 Å². The van der Waals surface area contributed by atoms with Gasteiger partial charge in [0, 0.05) is 0 Å². The molecule has 6 nitrogen and oxygen atoms in total. The number of hydrogen-bond acceptors (Lipinski definition) is 4. The second-order valence-electron chi connectivity index (χ2n) is 5.11. The highest BCUT2D eigenvalue weighted by molar-refractivity contribution is 5.56. The van der Waals surface area contributed by atoms with E-state index in [1.807, 2.05) is 0 Å². The van der Waals surface area contributed by atoms with Crippen LogP contribution in [0.5, 0.6) is 0 Å². The summed E-state index contributed by atoms with van der Waals surface area (Å²) in [6, 6.07) is 0. The minimum Gasteiger partial charge on any atom is -0.450 e. The Hall–Kier alpha value is -1.72. The predicted molar refractivity (Wildman–Crippen MR) is 83.3 cm³/mol. The van der Waals surface area contributed by atoms with Gasteiger partial charge < -0.3 is 19.7 Å². The summed E-state index contributed by atoms with van der Waals surface area (Å²) in [4.78, 5) is 20.2. The van der Waals surface area contributed by atoms with E-state index in [9.17, 15) is 9.59 Å². The molecule has 0 rings (SSSR count). The molecule has 0 saturated carbocycles. The number of rotatable bonds is 14. The maximum absolute atomic E-state index is 10.1. The Labute approximate surface area is 132 Å². The van der Waals surface area contributed by atoms with Crippen LogP contribution in [0.25, 0.3) is 0 Å². The maximum Gasteiger partial charge on any atom is 0.505 e. The first-order valence-electron chi connectivity index (χ1n) is 7.99. The third-order valence-corrected chi connectivity index (χ3v) is 3.15. The zero-order valence-electron chi connectivity index (χ0n) is 13.2. The summed E-state index contributed by atoms with van der Waals surface area (Å²) in [7, 11) is 0. The second-order valence-corrected chi connectivity index (χ2v) is 5.11. The van der Waals surface area contributed by atoms with Crippen molar-refractivity contribution in [3.05, 3.63) is 12.2 Å². The number of carboxylic acid groups (broad SMARTS) is 2. The van der Waals surface area contributed by atoms with Gasteiger partial charge >= 0.3 is 12.3 Å². The largest absolute Gasteiger partial charge is 0.505 e. The number of hydrogen-bond donors (Lipinski definition) is 2. The van der Waals surface area contributed by atoms with Crippen molar-refractivity contribution >= 4 is 12.3 Å². The molecule has 6 heteroatoms. The molecule has 0 saturated heterocycles. The smallest absolute Gasteiger partial charge is 0.450 e. The van der Waals surface area contributed by atoms with Gasteiger partial charge in [0.2, 0.25) is 0 Å². The van der Waals surface area contributed by atoms with Crippen LogP contribution in [-0.4, -0.2) is 35.7 Å². The molecular formula is C16H28O6. The molecular weight excluding hydrogens is 288 g/mol. The molecule has 0 atom stereocenters. The summed E-state index contributed by atoms with van der Waals surface area (Å²) in [5.74, 6) is 0. The fraction of sp³-hybridized carbons (Fsp3) is 0.750. The minimum absolute atomic E-state index is 0.294. The summed E-state index contributed by atoms with van der Waals surface area (Å²) >= 11 is 0. The van der Waals surface area contributed by atoms with Gasteiger partial charge in [0.1, 0.15) is 0 Å². The van der Waals surface area contributed by atoms with Crippen LogP contribution in [0.2, 0.25) is 0 Å². The van der Waals surface area contributed by atoms with Gasteiger partial charge in [-0.3, -0.25) is 0 Å². The average molecular weight is 316 g/mol. The maximum atomic E-state index is 10.1. The SMILES string of the molecule is O=C(O)OCCCCCCC=CCCCCCCOC(=O)O. The zero-order valence-corrected chi connectivity index (χ0v) is 13.2. The van der Waals surface area contributed by atoms with Gasteiger partial charge in [-0.1, -0.05) is 37.8 Å². The van der Waals surface area contributed by atoms with Crippen molar-refractivity contribution in [2.75, 3.05) is 13.2 Å². The fourth-order valence-electron chi connectivity index (χ4n) is 1.99. The van der Waals surface area contributed by atoms with E-state index in [-0.39, 0.29) is 0 Å². The van der Waals surface area contributed by atoms with E-state index in [4.69, 9.17) is 10.2 Å². The second kappa shape index (κ2) is 15.7. The lowest BCUT2D eigenvalue weighted by Gasteiger charge is -2.00. The van der Waals surface area contributed by atoms with Gasteiger partial charge in [-0.15, -0.1) is 0 Å². The van der Waals surface area contributed by atoms with Crippen LogP contribution in [-0.2, 0) is 9.47 Å². The van der Waals surface area contributed by atoms with Gasteiger partial charge in [0.05, 0.1) is 13.2 Å². The van der Waals surface area contributed by atoms with Gasteiger partial charge in [-0.2, -0.15) is 0 Å². The highest BCUT2D eigenvalue weighted by atomic mass is 16.7. The Kier molecular flexibility index (Phi) is 14.4. The Balaban J connectivity index is 3.12. The van der Waals surface area contributed by atoms with Crippen LogP contribution in [0.4, 0.5) is 9.59 Å². The monoisotopic (exact) mass is 316 g/mol. The van der Waals surface area contributed by atoms with Gasteiger partial charge in [0.25, 0.3) is 0 Å². The standard InChI is InChI=1S/C16H28O6/c17-15(18)21-13-11-9-7-5-3-1-2-4-6-8-10-12-14-22-16(19)20/h1-2H,3-14H2,(H,17,18)(H,19,20). The number of ether oxygens (including phenoxy) is 2. The van der Waals surface area contributed by atoms with E-state index >= 15 is 0 Å². The topological polar surface area (TPSA) is 93.1 Å². The third kappa shape index (κ3) is 18.3. The summed E-state index contributed by atoms with van der Waals surface area (Å²) in [5, 5.41) is 16.6. The molecule has 0 bridgehead atoms. The molecule has 0 spiro atoms. The highest BCUT2D eigenvalue weighted by Gasteiger charge is 1.96. The van der Waals surface area contributed by atoms with Gasteiger partial charge in [-0.05, 0) is 38.5 Å². The van der Waals surface area contributed by atoms with E-state index in [0.29, 0.717) is 13.2 Å². The number of carbonyl (C=O) groups is 2. The normalized spacial score (nSPS) is 10.7. The fourth-order valence-corrected chi connectivity index (χ4v) is 1.99. The quantitative estimate of drug-likeness (QED) is 0.271. The minimum atomic E-state index is -1.20. The molecule has 0 aliphatic carbocycles. The van der Waals surface area contributed by atoms with Crippen LogP contribution in [0, 0.1) is 0 Å². The van der Waals surface area contributed by atoms with E-state index in [0.717, 1.165) is 64.2 Å². The molecule has 0 fully saturated rings. The molecule has 0 aromatic heterocycles. The van der Waals surface area contributed by atoms with Crippen LogP contribution in [0.1, 0.15) is 64.2 Å². The van der Waals surface area contributed by atoms with E-state index in [2.05, 4.69) is 21.6 Å². The lowest BCUT2D eigenvalue weighted by molar-refractivity contribution is 0.0887. The Bertz CT molecular complexity index is 284. The summed E-state index contributed by atoms with van der Waals surface area (Å²) in [5.41, 5.74) is 0. The first kappa shape index (κ1) is 20.3. The van der Waals surface area contributed by atoms with E-state index in [1.165, 1.54) is 0 Å². The van der Waals surface area contributed by atoms with Crippen molar-refractivity contribution in [2.45, 2.75) is 64.2 Å². The van der Waals surface area contributed by atoms with Crippen molar-refractivity contribution in [2.24, 2.45) is 0 Å². The molecule has 128 valence electrons. The van der Waals surface area contributed by atoms with Gasteiger partial charge in [0.15, 0.2) is 0 Å². The predicted octanol–water partition coefficient (Wildman–Crippen LogP) is 4.83. The van der Waals surface area contributed by atoms with Crippen molar-refractivity contribution in [1.82, 2.24) is 0 Å². The Morgan fingerprint density at radius 1 is 0.636 bits per heavy atom. The first-order valence-corrected chi connectivity index (χ1v) is 7.99. The molecule has 0 unspecified atom stereocenters. The van der Waals surface area contributed by atoms with Crippen molar-refractivity contribution < 1.29 is 29.3 Å². The lowest BCUT2D eigenvalue weighted by atomic mass is 10.1. The third-order valence-electron chi connectivity index (χ3n) is 3.15. The van der Waals surface area contributed by atoms with Crippen molar-refractivity contribution in [3.8, 4) is 0 Å². The molecule has 2 N–H and O–H groups in total. The van der Waals surface area contributed by atoms with Crippen LogP contribution < -0.4 is 0 Å². The van der Waals surface area contributed by atoms with Crippen LogP contribution in [0.15, 0.2) is 12.2 Å². The molecule has 0 aliphatic rings. The van der Waals surface area contributed by atoms with Crippen LogP contribution >= 0.6 is 0 Å². The number of unbranched alkanes of at least 4 members (excludes halogenated alkanes) is 8. The Morgan fingerprint density at radius 2 is 1.00 bits per heavy atom. The molecule has 0 radical (unpaired) electrons. The van der Waals surface area contributed by atoms with E-state index < -0.39 is 12.3 Å². The van der Waals surface area contributed by atoms with Crippen molar-refractivity contribution in [3.63, 3.8) is 0 Å². The highest BCUT2D eigenvalue weighted by Crippen LogP contribution is 2.07. The molecule has 0 heterocycles. The molecule has 0 amide bonds. The van der Waals surface area contributed by atoms with E-state index in [1.54, 1.807) is 0 Å². The number of allylic oxidation sites excluding steroid dienone is 2. The molecule has 0 aliphatic heterocycles. The lowest BCUT2D eigenvalue weighted by Crippen LogP contribution is -2.01. The Morgan fingerprint density at radius 3 is 1.36 bits per heavy atom. The molecule has 0 aromatic carbocycles. The molecule has 22 heavy (non-hydrogen) atoms. The van der Waals surface area contributed by atoms with Crippen LogP contribution in [0.3, 0.4) is 0 Å². The zero-order chi connectivity index (χ0) is 16.5. The van der Waals surface area contributed by atoms with Gasteiger partial charge in [-0.25, -0.2) is 9.59 Å². The average Bonchev–Trinajstić information content (AvgIpc) is 2.46. The summed E-state index contributed by atoms with van der Waals surface area (Å²) in [6.45, 7) is 0.589. The first-order chi connectivity index (χ1) is 10.6. The molecule has 0 aromatic rings.